The maximum absolute atomic E-state index is 12.6. The fraction of sp³-hybridized carbons (Fsp3) is 0.176. The summed E-state index contributed by atoms with van der Waals surface area (Å²) in [4.78, 5) is 14.7. The molecule has 0 unspecified atom stereocenters. The van der Waals surface area contributed by atoms with Gasteiger partial charge in [0.05, 0.1) is 19.2 Å². The summed E-state index contributed by atoms with van der Waals surface area (Å²) in [6.07, 6.45) is -4.42. The van der Waals surface area contributed by atoms with Crippen LogP contribution in [0.5, 0.6) is 5.75 Å². The number of hydrogen-bond donors (Lipinski definition) is 1. The summed E-state index contributed by atoms with van der Waals surface area (Å²) in [5.41, 5.74) is -0.256. The first kappa shape index (κ1) is 18.1. The third-order valence-corrected chi connectivity index (χ3v) is 3.96. The third kappa shape index (κ3) is 3.75. The Bertz CT molecular complexity index is 978. The molecule has 0 fully saturated rings. The second-order valence-corrected chi connectivity index (χ2v) is 5.90. The van der Waals surface area contributed by atoms with Crippen LogP contribution in [0.4, 0.5) is 13.2 Å². The molecule has 136 valence electrons. The van der Waals surface area contributed by atoms with Crippen molar-refractivity contribution < 1.29 is 17.9 Å². The highest BCUT2D eigenvalue weighted by Gasteiger charge is 2.30. The second kappa shape index (κ2) is 6.87. The Hall–Kier alpha value is -2.74. The summed E-state index contributed by atoms with van der Waals surface area (Å²) in [6, 6.07) is 9.37. The minimum absolute atomic E-state index is 0.0969. The van der Waals surface area contributed by atoms with E-state index < -0.39 is 17.4 Å². The molecule has 0 aliphatic heterocycles. The van der Waals surface area contributed by atoms with E-state index in [1.165, 1.54) is 19.2 Å². The van der Waals surface area contributed by atoms with Gasteiger partial charge in [0.2, 0.25) is 0 Å². The summed E-state index contributed by atoms with van der Waals surface area (Å²) >= 11 is 5.97. The van der Waals surface area contributed by atoms with E-state index in [0.29, 0.717) is 21.9 Å². The van der Waals surface area contributed by atoms with E-state index in [4.69, 9.17) is 16.3 Å². The molecule has 3 rings (SSSR count). The van der Waals surface area contributed by atoms with Gasteiger partial charge in [-0.25, -0.2) is 9.48 Å². The van der Waals surface area contributed by atoms with Crippen molar-refractivity contribution in [3.05, 3.63) is 69.1 Å². The van der Waals surface area contributed by atoms with Crippen LogP contribution in [0.2, 0.25) is 5.02 Å². The monoisotopic (exact) mass is 383 g/mol. The zero-order valence-corrected chi connectivity index (χ0v) is 14.2. The Kier molecular flexibility index (Phi) is 4.78. The normalized spacial score (nSPS) is 11.6. The summed E-state index contributed by atoms with van der Waals surface area (Å²) in [5, 5.41) is 4.62. The largest absolute Gasteiger partial charge is 0.496 e. The lowest BCUT2D eigenvalue weighted by Crippen LogP contribution is -2.19. The van der Waals surface area contributed by atoms with Crippen LogP contribution in [0.15, 0.2) is 47.3 Å². The van der Waals surface area contributed by atoms with Crippen LogP contribution in [0, 0.1) is 0 Å². The van der Waals surface area contributed by atoms with Gasteiger partial charge in [-0.15, -0.1) is 5.10 Å². The topological polar surface area (TPSA) is 59.9 Å². The van der Waals surface area contributed by atoms with E-state index >= 15 is 0 Å². The quantitative estimate of drug-likeness (QED) is 0.741. The summed E-state index contributed by atoms with van der Waals surface area (Å²) in [5.74, 6) is 0.713. The average Bonchev–Trinajstić information content (AvgIpc) is 2.95. The van der Waals surface area contributed by atoms with Crippen LogP contribution in [0.1, 0.15) is 11.1 Å². The lowest BCUT2D eigenvalue weighted by atomic mass is 10.1. The molecule has 0 radical (unpaired) electrons. The van der Waals surface area contributed by atoms with Crippen LogP contribution in [0.3, 0.4) is 0 Å². The van der Waals surface area contributed by atoms with Crippen molar-refractivity contribution in [3.8, 4) is 17.1 Å². The predicted molar refractivity (Wildman–Crippen MR) is 90.4 cm³/mol. The van der Waals surface area contributed by atoms with Crippen LogP contribution in [-0.2, 0) is 12.7 Å². The lowest BCUT2D eigenvalue weighted by Gasteiger charge is -2.08. The van der Waals surface area contributed by atoms with Crippen molar-refractivity contribution in [2.45, 2.75) is 12.7 Å². The number of ether oxygens (including phenoxy) is 1. The van der Waals surface area contributed by atoms with Gasteiger partial charge in [-0.05, 0) is 30.3 Å². The zero-order chi connectivity index (χ0) is 18.9. The fourth-order valence-electron chi connectivity index (χ4n) is 2.44. The second-order valence-electron chi connectivity index (χ2n) is 5.47. The molecule has 0 aliphatic carbocycles. The van der Waals surface area contributed by atoms with E-state index in [2.05, 4.69) is 10.1 Å². The maximum atomic E-state index is 12.6. The third-order valence-electron chi connectivity index (χ3n) is 3.73. The number of methoxy groups -OCH3 is 1. The van der Waals surface area contributed by atoms with Crippen LogP contribution >= 0.6 is 11.6 Å². The SMILES string of the molecule is COc1ccc(Cl)cc1Cn1nc(-c2ccc(C(F)(F)F)cc2)[nH]c1=O. The number of alkyl halides is 3. The number of nitrogens with zero attached hydrogens (tertiary/aromatic N) is 2. The first-order valence-electron chi connectivity index (χ1n) is 7.45. The van der Waals surface area contributed by atoms with E-state index in [1.54, 1.807) is 18.2 Å². The zero-order valence-electron chi connectivity index (χ0n) is 13.5. The molecule has 0 saturated carbocycles. The summed E-state index contributed by atoms with van der Waals surface area (Å²) in [6.45, 7) is 0.0969. The molecule has 9 heteroatoms. The average molecular weight is 384 g/mol. The van der Waals surface area contributed by atoms with Gasteiger partial charge in [-0.3, -0.25) is 4.98 Å². The van der Waals surface area contributed by atoms with Crippen molar-refractivity contribution >= 4 is 11.6 Å². The molecule has 1 heterocycles. The minimum Gasteiger partial charge on any atom is -0.496 e. The van der Waals surface area contributed by atoms with Crippen LogP contribution in [-0.4, -0.2) is 21.9 Å². The number of aromatic nitrogens is 3. The number of nitrogens with one attached hydrogen (secondary N) is 1. The molecule has 26 heavy (non-hydrogen) atoms. The van der Waals surface area contributed by atoms with E-state index in [0.717, 1.165) is 16.8 Å². The summed E-state index contributed by atoms with van der Waals surface area (Å²) < 4.78 is 44.3. The van der Waals surface area contributed by atoms with Crippen molar-refractivity contribution in [2.75, 3.05) is 7.11 Å². The molecule has 0 spiro atoms. The van der Waals surface area contributed by atoms with Crippen molar-refractivity contribution in [1.29, 1.82) is 0 Å². The molecular weight excluding hydrogens is 371 g/mol. The highest BCUT2D eigenvalue weighted by molar-refractivity contribution is 6.30. The first-order chi connectivity index (χ1) is 12.3. The fourth-order valence-corrected chi connectivity index (χ4v) is 2.64. The van der Waals surface area contributed by atoms with Crippen LogP contribution < -0.4 is 10.4 Å². The number of rotatable bonds is 4. The maximum Gasteiger partial charge on any atom is 0.416 e. The molecule has 1 N–H and O–H groups in total. The molecule has 5 nitrogen and oxygen atoms in total. The number of hydrogen-bond acceptors (Lipinski definition) is 3. The Balaban J connectivity index is 1.91. The Morgan fingerprint density at radius 1 is 1.19 bits per heavy atom. The number of H-pyrrole nitrogens is 1. The molecule has 0 aliphatic rings. The van der Waals surface area contributed by atoms with Crippen molar-refractivity contribution in [3.63, 3.8) is 0 Å². The van der Waals surface area contributed by atoms with Gasteiger partial charge in [0, 0.05) is 16.1 Å². The molecule has 0 saturated heterocycles. The highest BCUT2D eigenvalue weighted by Crippen LogP contribution is 2.30. The van der Waals surface area contributed by atoms with E-state index in [1.807, 2.05) is 0 Å². The highest BCUT2D eigenvalue weighted by atomic mass is 35.5. The van der Waals surface area contributed by atoms with Gasteiger partial charge >= 0.3 is 11.9 Å². The van der Waals surface area contributed by atoms with Gasteiger partial charge in [0.1, 0.15) is 5.75 Å². The Labute approximate surface area is 151 Å². The molecular formula is C17H13ClF3N3O2. The molecule has 3 aromatic rings. The first-order valence-corrected chi connectivity index (χ1v) is 7.83. The number of benzene rings is 2. The van der Waals surface area contributed by atoms with Crippen molar-refractivity contribution in [1.82, 2.24) is 14.8 Å². The predicted octanol–water partition coefficient (Wildman–Crippen LogP) is 3.97. The van der Waals surface area contributed by atoms with Gasteiger partial charge in [-0.1, -0.05) is 23.7 Å². The minimum atomic E-state index is -4.42. The van der Waals surface area contributed by atoms with E-state index in [-0.39, 0.29) is 12.4 Å². The lowest BCUT2D eigenvalue weighted by molar-refractivity contribution is -0.137. The molecule has 1 aromatic heterocycles. The van der Waals surface area contributed by atoms with E-state index in [9.17, 15) is 18.0 Å². The Morgan fingerprint density at radius 3 is 2.50 bits per heavy atom. The Morgan fingerprint density at radius 2 is 1.88 bits per heavy atom. The van der Waals surface area contributed by atoms with Gasteiger partial charge in [-0.2, -0.15) is 13.2 Å². The van der Waals surface area contributed by atoms with Gasteiger partial charge < -0.3 is 4.74 Å². The standard InChI is InChI=1S/C17H13ClF3N3O2/c1-26-14-7-6-13(18)8-11(14)9-24-16(25)22-15(23-24)10-2-4-12(5-3-10)17(19,20)21/h2-8H,9H2,1H3,(H,22,23,25). The number of halogens is 4. The molecule has 0 atom stereocenters. The smallest absolute Gasteiger partial charge is 0.416 e. The van der Waals surface area contributed by atoms with Gasteiger partial charge in [0.15, 0.2) is 5.82 Å². The molecule has 0 bridgehead atoms. The number of aromatic amines is 1. The van der Waals surface area contributed by atoms with Crippen molar-refractivity contribution in [2.24, 2.45) is 0 Å². The van der Waals surface area contributed by atoms with Crippen LogP contribution in [0.25, 0.3) is 11.4 Å². The molecule has 0 amide bonds. The molecule has 2 aromatic carbocycles. The van der Waals surface area contributed by atoms with Gasteiger partial charge in [0.25, 0.3) is 0 Å². The summed E-state index contributed by atoms with van der Waals surface area (Å²) in [7, 11) is 1.49.